The van der Waals surface area contributed by atoms with Crippen LogP contribution in [0, 0.1) is 0 Å². The van der Waals surface area contributed by atoms with Gasteiger partial charge in [-0.3, -0.25) is 0 Å². The lowest BCUT2D eigenvalue weighted by Crippen LogP contribution is -2.54. The van der Waals surface area contributed by atoms with E-state index in [0.29, 0.717) is 37.4 Å². The van der Waals surface area contributed by atoms with E-state index in [-0.39, 0.29) is 23.9 Å². The molecule has 2 N–H and O–H groups in total. The molecule has 2 fully saturated rings. The van der Waals surface area contributed by atoms with Crippen LogP contribution in [0.5, 0.6) is 0 Å². The van der Waals surface area contributed by atoms with Gasteiger partial charge < -0.3 is 25.0 Å². The third-order valence-corrected chi connectivity index (χ3v) is 4.58. The molecule has 1 unspecified atom stereocenters. The Bertz CT molecular complexity index is 898. The van der Waals surface area contributed by atoms with Crippen LogP contribution >= 0.6 is 0 Å². The maximum atomic E-state index is 12.5. The highest BCUT2D eigenvalue weighted by atomic mass is 19.4. The van der Waals surface area contributed by atoms with E-state index < -0.39 is 12.1 Å². The molecular weight excluding hydrogens is 381 g/mol. The number of fused-ring (bicyclic) bond motifs is 1. The summed E-state index contributed by atoms with van der Waals surface area (Å²) in [6.45, 7) is 1.80. The van der Waals surface area contributed by atoms with Crippen molar-refractivity contribution >= 4 is 17.7 Å². The molecule has 12 heteroatoms. The van der Waals surface area contributed by atoms with Crippen molar-refractivity contribution in [2.45, 2.75) is 12.2 Å². The van der Waals surface area contributed by atoms with Gasteiger partial charge in [0.1, 0.15) is 0 Å². The Morgan fingerprint density at radius 2 is 2.00 bits per heavy atom. The molecule has 1 aromatic carbocycles. The molecule has 0 spiro atoms. The first kappa shape index (κ1) is 18.1. The number of hydrogen-bond acceptors (Lipinski definition) is 5. The van der Waals surface area contributed by atoms with Gasteiger partial charge in [0, 0.05) is 37.4 Å². The van der Waals surface area contributed by atoms with Gasteiger partial charge in [0.15, 0.2) is 0 Å². The maximum Gasteiger partial charge on any atom is 0.471 e. The van der Waals surface area contributed by atoms with Gasteiger partial charge in [-0.25, -0.2) is 9.59 Å². The summed E-state index contributed by atoms with van der Waals surface area (Å²) in [6, 6.07) is 5.56. The van der Waals surface area contributed by atoms with Crippen LogP contribution in [0.2, 0.25) is 0 Å². The number of amides is 4. The van der Waals surface area contributed by atoms with Crippen molar-refractivity contribution in [3.8, 4) is 11.4 Å². The monoisotopic (exact) mass is 396 g/mol. The standard InChI is InChI=1S/C16H15F3N6O3/c17-16(18,19)13-22-12(23-28-13)9-1-3-10(4-2-9)21-15(27)24-5-6-25-11(8-24)7-20-14(25)26/h1-4,11H,5-8H2,(H,20,26)(H,21,27). The lowest BCUT2D eigenvalue weighted by molar-refractivity contribution is -0.159. The zero-order chi connectivity index (χ0) is 19.9. The number of carbonyl (C=O) groups excluding carboxylic acids is 2. The summed E-state index contributed by atoms with van der Waals surface area (Å²) < 4.78 is 41.8. The van der Waals surface area contributed by atoms with Gasteiger partial charge in [0.2, 0.25) is 5.82 Å². The van der Waals surface area contributed by atoms with E-state index in [1.807, 2.05) is 0 Å². The van der Waals surface area contributed by atoms with Crippen LogP contribution in [0.1, 0.15) is 5.89 Å². The van der Waals surface area contributed by atoms with Crippen molar-refractivity contribution in [3.05, 3.63) is 30.2 Å². The number of nitrogens with one attached hydrogen (secondary N) is 2. The predicted molar refractivity (Wildman–Crippen MR) is 89.2 cm³/mol. The maximum absolute atomic E-state index is 12.5. The third-order valence-electron chi connectivity index (χ3n) is 4.58. The summed E-state index contributed by atoms with van der Waals surface area (Å²) >= 11 is 0. The van der Waals surface area contributed by atoms with Crippen molar-refractivity contribution in [1.29, 1.82) is 0 Å². The first-order valence-electron chi connectivity index (χ1n) is 8.43. The van der Waals surface area contributed by atoms with Gasteiger partial charge in [-0.1, -0.05) is 5.16 Å². The van der Waals surface area contributed by atoms with Gasteiger partial charge in [-0.15, -0.1) is 0 Å². The molecule has 1 aromatic heterocycles. The Balaban J connectivity index is 1.39. The van der Waals surface area contributed by atoms with Crippen molar-refractivity contribution < 1.29 is 27.3 Å². The number of hydrogen-bond donors (Lipinski definition) is 2. The molecule has 2 aliphatic rings. The molecule has 0 bridgehead atoms. The number of rotatable bonds is 2. The summed E-state index contributed by atoms with van der Waals surface area (Å²) in [5.41, 5.74) is 0.790. The van der Waals surface area contributed by atoms with Gasteiger partial charge in [0.25, 0.3) is 0 Å². The van der Waals surface area contributed by atoms with Crippen molar-refractivity contribution in [2.24, 2.45) is 0 Å². The van der Waals surface area contributed by atoms with Crippen LogP contribution in [-0.2, 0) is 6.18 Å². The van der Waals surface area contributed by atoms with Crippen LogP contribution in [0.3, 0.4) is 0 Å². The Hall–Kier alpha value is -3.31. The van der Waals surface area contributed by atoms with Gasteiger partial charge >= 0.3 is 24.1 Å². The fraction of sp³-hybridized carbons (Fsp3) is 0.375. The molecule has 2 aromatic rings. The zero-order valence-electron chi connectivity index (χ0n) is 14.4. The van der Waals surface area contributed by atoms with E-state index >= 15 is 0 Å². The first-order chi connectivity index (χ1) is 13.3. The molecule has 9 nitrogen and oxygen atoms in total. The molecule has 28 heavy (non-hydrogen) atoms. The molecule has 2 saturated heterocycles. The lowest BCUT2D eigenvalue weighted by atomic mass is 10.2. The first-order valence-corrected chi connectivity index (χ1v) is 8.43. The molecule has 4 amide bonds. The minimum absolute atomic E-state index is 0.0459. The van der Waals surface area contributed by atoms with Crippen LogP contribution in [0.4, 0.5) is 28.4 Å². The summed E-state index contributed by atoms with van der Waals surface area (Å²) in [5, 5.41) is 8.79. The quantitative estimate of drug-likeness (QED) is 0.808. The lowest BCUT2D eigenvalue weighted by Gasteiger charge is -2.36. The fourth-order valence-electron chi connectivity index (χ4n) is 3.15. The second kappa shape index (κ2) is 6.69. The fourth-order valence-corrected chi connectivity index (χ4v) is 3.15. The number of piperazine rings is 1. The highest BCUT2D eigenvalue weighted by molar-refractivity contribution is 5.90. The Kier molecular flexibility index (Phi) is 4.32. The predicted octanol–water partition coefficient (Wildman–Crippen LogP) is 2.00. The van der Waals surface area contributed by atoms with E-state index in [0.717, 1.165) is 0 Å². The Labute approximate surface area is 156 Å². The van der Waals surface area contributed by atoms with Crippen molar-refractivity contribution in [1.82, 2.24) is 25.3 Å². The van der Waals surface area contributed by atoms with Gasteiger partial charge in [0.05, 0.1) is 6.04 Å². The van der Waals surface area contributed by atoms with Crippen molar-refractivity contribution in [2.75, 3.05) is 31.5 Å². The number of anilines is 1. The molecule has 0 radical (unpaired) electrons. The molecule has 2 aliphatic heterocycles. The molecule has 148 valence electrons. The van der Waals surface area contributed by atoms with Crippen LogP contribution in [-0.4, -0.2) is 64.2 Å². The average molecular weight is 396 g/mol. The number of carbonyl (C=O) groups is 2. The average Bonchev–Trinajstić information content (AvgIpc) is 3.29. The van der Waals surface area contributed by atoms with Crippen LogP contribution in [0.15, 0.2) is 28.8 Å². The van der Waals surface area contributed by atoms with Crippen LogP contribution in [0.25, 0.3) is 11.4 Å². The normalized spacial score (nSPS) is 19.4. The van der Waals surface area contributed by atoms with Crippen molar-refractivity contribution in [3.63, 3.8) is 0 Å². The molecule has 3 heterocycles. The Morgan fingerprint density at radius 3 is 2.68 bits per heavy atom. The van der Waals surface area contributed by atoms with E-state index in [1.54, 1.807) is 9.80 Å². The van der Waals surface area contributed by atoms with Gasteiger partial charge in [-0.2, -0.15) is 18.2 Å². The summed E-state index contributed by atoms with van der Waals surface area (Å²) in [6.07, 6.45) is -4.71. The second-order valence-corrected chi connectivity index (χ2v) is 6.41. The number of halogens is 3. The second-order valence-electron chi connectivity index (χ2n) is 6.41. The molecular formula is C16H15F3N6O3. The molecule has 1 atom stereocenters. The van der Waals surface area contributed by atoms with E-state index in [9.17, 15) is 22.8 Å². The smallest absolute Gasteiger partial charge is 0.336 e. The summed E-state index contributed by atoms with van der Waals surface area (Å²) in [4.78, 5) is 30.7. The zero-order valence-corrected chi connectivity index (χ0v) is 14.4. The summed E-state index contributed by atoms with van der Waals surface area (Å²) in [7, 11) is 0. The number of urea groups is 2. The third kappa shape index (κ3) is 3.44. The van der Waals surface area contributed by atoms with E-state index in [1.165, 1.54) is 24.3 Å². The number of alkyl halides is 3. The van der Waals surface area contributed by atoms with Gasteiger partial charge in [-0.05, 0) is 24.3 Å². The largest absolute Gasteiger partial charge is 0.471 e. The Morgan fingerprint density at radius 1 is 1.25 bits per heavy atom. The minimum Gasteiger partial charge on any atom is -0.336 e. The number of aromatic nitrogens is 2. The molecule has 0 aliphatic carbocycles. The topological polar surface area (TPSA) is 104 Å². The van der Waals surface area contributed by atoms with E-state index in [4.69, 9.17) is 0 Å². The summed E-state index contributed by atoms with van der Waals surface area (Å²) in [5.74, 6) is -1.61. The molecule has 0 saturated carbocycles. The van der Waals surface area contributed by atoms with E-state index in [2.05, 4.69) is 25.3 Å². The highest BCUT2D eigenvalue weighted by Gasteiger charge is 2.39. The number of nitrogens with zero attached hydrogens (tertiary/aromatic N) is 4. The minimum atomic E-state index is -4.71. The SMILES string of the molecule is O=C(Nc1ccc(-c2noc(C(F)(F)F)n2)cc1)N1CCN2C(=O)NCC2C1. The number of benzene rings is 1. The molecule has 4 rings (SSSR count). The van der Waals surface area contributed by atoms with Crippen LogP contribution < -0.4 is 10.6 Å². The highest BCUT2D eigenvalue weighted by Crippen LogP contribution is 2.29.